The third kappa shape index (κ3) is 4.92. The van der Waals surface area contributed by atoms with Gasteiger partial charge in [-0.05, 0) is 43.2 Å². The molecule has 1 amide bonds. The van der Waals surface area contributed by atoms with Crippen molar-refractivity contribution in [2.75, 3.05) is 24.6 Å². The molecule has 1 saturated carbocycles. The van der Waals surface area contributed by atoms with E-state index < -0.39 is 0 Å². The van der Waals surface area contributed by atoms with Gasteiger partial charge in [-0.3, -0.25) is 14.7 Å². The molecule has 5 nitrogen and oxygen atoms in total. The Kier molecular flexibility index (Phi) is 7.19. The number of benzene rings is 1. The van der Waals surface area contributed by atoms with E-state index in [1.165, 1.54) is 32.1 Å². The maximum atomic E-state index is 12.0. The second-order valence-electron chi connectivity index (χ2n) is 9.04. The van der Waals surface area contributed by atoms with Crippen LogP contribution in [0.4, 0.5) is 5.69 Å². The van der Waals surface area contributed by atoms with Crippen LogP contribution in [0.3, 0.4) is 0 Å². The highest BCUT2D eigenvalue weighted by molar-refractivity contribution is 7.16. The number of hydrogen-bond donors (Lipinski definition) is 0. The molecule has 2 aromatic rings. The summed E-state index contributed by atoms with van der Waals surface area (Å²) < 4.78 is 0.747. The van der Waals surface area contributed by atoms with Gasteiger partial charge in [0, 0.05) is 42.0 Å². The number of nitrogens with zero attached hydrogens (tertiary/aromatic N) is 4. The van der Waals surface area contributed by atoms with Crippen LogP contribution >= 0.6 is 46.1 Å². The maximum Gasteiger partial charge on any atom is 0.210 e. The summed E-state index contributed by atoms with van der Waals surface area (Å²) in [5.74, 6) is 0. The fourth-order valence-corrected chi connectivity index (χ4v) is 7.01. The molecule has 33 heavy (non-hydrogen) atoms. The predicted octanol–water partition coefficient (Wildman–Crippen LogP) is 6.49. The lowest BCUT2D eigenvalue weighted by atomic mass is 9.92. The number of hydrazone groups is 1. The van der Waals surface area contributed by atoms with Crippen LogP contribution < -0.4 is 5.01 Å². The normalized spacial score (nSPS) is 24.9. The zero-order chi connectivity index (χ0) is 22.9. The minimum absolute atomic E-state index is 0.0188. The van der Waals surface area contributed by atoms with Crippen LogP contribution in [0.1, 0.15) is 49.4 Å². The minimum atomic E-state index is -0.0350. The summed E-state index contributed by atoms with van der Waals surface area (Å²) in [4.78, 5) is 17.6. The van der Waals surface area contributed by atoms with Crippen molar-refractivity contribution in [1.29, 1.82) is 0 Å². The summed E-state index contributed by atoms with van der Waals surface area (Å²) >= 11 is 20.6. The lowest BCUT2D eigenvalue weighted by Gasteiger charge is -2.44. The smallest absolute Gasteiger partial charge is 0.210 e. The second-order valence-corrected chi connectivity index (χ2v) is 11.6. The van der Waals surface area contributed by atoms with E-state index in [0.717, 1.165) is 53.1 Å². The Balaban J connectivity index is 1.46. The summed E-state index contributed by atoms with van der Waals surface area (Å²) in [6, 6.07) is 10.0. The van der Waals surface area contributed by atoms with E-state index in [1.807, 2.05) is 28.1 Å². The average molecular weight is 526 g/mol. The molecular formula is C24H27Cl3N4OS. The van der Waals surface area contributed by atoms with Crippen molar-refractivity contribution < 1.29 is 4.79 Å². The van der Waals surface area contributed by atoms with Gasteiger partial charge in [0.05, 0.1) is 32.8 Å². The van der Waals surface area contributed by atoms with Gasteiger partial charge in [0.15, 0.2) is 0 Å². The van der Waals surface area contributed by atoms with E-state index in [-0.39, 0.29) is 12.1 Å². The monoisotopic (exact) mass is 524 g/mol. The zero-order valence-corrected chi connectivity index (χ0v) is 21.4. The molecule has 0 bridgehead atoms. The summed E-state index contributed by atoms with van der Waals surface area (Å²) in [6.07, 6.45) is 8.15. The topological polar surface area (TPSA) is 39.2 Å². The van der Waals surface area contributed by atoms with E-state index in [1.54, 1.807) is 17.4 Å². The van der Waals surface area contributed by atoms with Crippen molar-refractivity contribution in [3.63, 3.8) is 0 Å². The molecule has 176 valence electrons. The van der Waals surface area contributed by atoms with Gasteiger partial charge >= 0.3 is 0 Å². The average Bonchev–Trinajstić information content (AvgIpc) is 3.45. The highest BCUT2D eigenvalue weighted by atomic mass is 35.5. The number of hydrogen-bond acceptors (Lipinski definition) is 5. The van der Waals surface area contributed by atoms with E-state index in [9.17, 15) is 4.79 Å². The minimum Gasteiger partial charge on any atom is -0.334 e. The van der Waals surface area contributed by atoms with Crippen LogP contribution in [0.15, 0.2) is 35.4 Å². The highest BCUT2D eigenvalue weighted by Crippen LogP contribution is 2.43. The summed E-state index contributed by atoms with van der Waals surface area (Å²) in [6.45, 7) is 2.51. The molecule has 2 unspecified atom stereocenters. The third-order valence-corrected chi connectivity index (χ3v) is 8.95. The largest absolute Gasteiger partial charge is 0.334 e. The molecule has 3 heterocycles. The molecule has 2 atom stereocenters. The lowest BCUT2D eigenvalue weighted by molar-refractivity contribution is -0.121. The van der Waals surface area contributed by atoms with Crippen molar-refractivity contribution >= 4 is 63.9 Å². The Morgan fingerprint density at radius 1 is 1.00 bits per heavy atom. The molecule has 3 aliphatic rings. The molecular weight excluding hydrogens is 499 g/mol. The van der Waals surface area contributed by atoms with Crippen LogP contribution in [0.2, 0.25) is 14.4 Å². The van der Waals surface area contributed by atoms with Gasteiger partial charge in [-0.15, -0.1) is 11.3 Å². The van der Waals surface area contributed by atoms with Crippen LogP contribution in [-0.4, -0.2) is 53.6 Å². The van der Waals surface area contributed by atoms with E-state index in [0.29, 0.717) is 16.1 Å². The number of anilines is 1. The van der Waals surface area contributed by atoms with Gasteiger partial charge < -0.3 is 4.90 Å². The molecule has 2 fully saturated rings. The molecule has 1 aliphatic carbocycles. The Hall–Kier alpha value is -1.31. The first kappa shape index (κ1) is 23.4. The zero-order valence-electron chi connectivity index (χ0n) is 18.3. The van der Waals surface area contributed by atoms with Gasteiger partial charge in [-0.2, -0.15) is 5.10 Å². The molecule has 0 N–H and O–H groups in total. The standard InChI is InChI=1S/C24H27Cl3N4OS/c25-16-6-7-20(18(26)12-16)31-21(23-8-9-24(27)33-23)13-19(28-31)22-14-29(10-11-30(22)15-32)17-4-2-1-3-5-17/h6-9,12,15,17,21-22H,1-5,10-11,13-14H2. The first-order chi connectivity index (χ1) is 16.0. The lowest BCUT2D eigenvalue weighted by Crippen LogP contribution is -2.58. The number of halogens is 3. The van der Waals surface area contributed by atoms with Crippen molar-refractivity contribution in [3.8, 4) is 0 Å². The van der Waals surface area contributed by atoms with Crippen LogP contribution in [-0.2, 0) is 4.79 Å². The predicted molar refractivity (Wildman–Crippen MR) is 138 cm³/mol. The summed E-state index contributed by atoms with van der Waals surface area (Å²) in [7, 11) is 0. The fraction of sp³-hybridized carbons (Fsp3) is 0.500. The van der Waals surface area contributed by atoms with Gasteiger partial charge in [-0.1, -0.05) is 54.1 Å². The quantitative estimate of drug-likeness (QED) is 0.419. The van der Waals surface area contributed by atoms with Gasteiger partial charge in [0.1, 0.15) is 0 Å². The fourth-order valence-electron chi connectivity index (χ4n) is 5.37. The summed E-state index contributed by atoms with van der Waals surface area (Å²) in [5, 5.41) is 8.20. The van der Waals surface area contributed by atoms with Crippen LogP contribution in [0.5, 0.6) is 0 Å². The van der Waals surface area contributed by atoms with Gasteiger partial charge in [0.2, 0.25) is 6.41 Å². The third-order valence-electron chi connectivity index (χ3n) is 7.08. The van der Waals surface area contributed by atoms with Gasteiger partial charge in [-0.25, -0.2) is 0 Å². The Morgan fingerprint density at radius 3 is 2.52 bits per heavy atom. The molecule has 1 saturated heterocycles. The molecule has 1 aromatic carbocycles. The Morgan fingerprint density at radius 2 is 1.82 bits per heavy atom. The number of amides is 1. The molecule has 0 radical (unpaired) electrons. The number of carbonyl (C=O) groups is 1. The number of piperazine rings is 1. The van der Waals surface area contributed by atoms with E-state index >= 15 is 0 Å². The van der Waals surface area contributed by atoms with Crippen LogP contribution in [0, 0.1) is 0 Å². The first-order valence-electron chi connectivity index (χ1n) is 11.6. The molecule has 9 heteroatoms. The Labute approximate surface area is 213 Å². The van der Waals surface area contributed by atoms with Crippen molar-refractivity contribution in [3.05, 3.63) is 49.6 Å². The molecule has 0 spiro atoms. The SMILES string of the molecule is O=CN1CCN(C2CCCCC2)CC1C1=NN(c2ccc(Cl)cc2Cl)C(c2ccc(Cl)s2)C1. The Bertz CT molecular complexity index is 1040. The number of rotatable bonds is 5. The maximum absolute atomic E-state index is 12.0. The van der Waals surface area contributed by atoms with Crippen molar-refractivity contribution in [1.82, 2.24) is 9.80 Å². The second kappa shape index (κ2) is 10.1. The number of carbonyl (C=O) groups excluding carboxylic acids is 1. The van der Waals surface area contributed by atoms with Crippen molar-refractivity contribution in [2.45, 2.75) is 56.7 Å². The molecule has 5 rings (SSSR count). The van der Waals surface area contributed by atoms with Gasteiger partial charge in [0.25, 0.3) is 0 Å². The summed E-state index contributed by atoms with van der Waals surface area (Å²) in [5.41, 5.74) is 1.83. The van der Waals surface area contributed by atoms with E-state index in [2.05, 4.69) is 11.0 Å². The van der Waals surface area contributed by atoms with Crippen LogP contribution in [0.25, 0.3) is 0 Å². The van der Waals surface area contributed by atoms with Crippen molar-refractivity contribution in [2.24, 2.45) is 5.10 Å². The highest BCUT2D eigenvalue weighted by Gasteiger charge is 2.39. The van der Waals surface area contributed by atoms with E-state index in [4.69, 9.17) is 39.9 Å². The molecule has 1 aromatic heterocycles. The first-order valence-corrected chi connectivity index (χ1v) is 13.5. The molecule has 2 aliphatic heterocycles. The number of thiophene rings is 1.